The SMILES string of the molecule is CCNC(=NCCS(=O)(=O)c1ccccc1F)NCCSc1ccccc1. The fourth-order valence-electron chi connectivity index (χ4n) is 2.28. The van der Waals surface area contributed by atoms with E-state index in [1.807, 2.05) is 25.1 Å². The molecule has 2 aromatic carbocycles. The van der Waals surface area contributed by atoms with Crippen molar-refractivity contribution in [2.24, 2.45) is 4.99 Å². The molecule has 0 unspecified atom stereocenters. The molecule has 0 aliphatic rings. The van der Waals surface area contributed by atoms with E-state index in [0.29, 0.717) is 19.0 Å². The van der Waals surface area contributed by atoms with Crippen LogP contribution in [0.1, 0.15) is 6.92 Å². The maximum absolute atomic E-state index is 13.7. The van der Waals surface area contributed by atoms with Crippen molar-refractivity contribution in [3.8, 4) is 0 Å². The van der Waals surface area contributed by atoms with Crippen LogP contribution in [0, 0.1) is 5.82 Å². The first-order valence-corrected chi connectivity index (χ1v) is 11.3. The summed E-state index contributed by atoms with van der Waals surface area (Å²) in [5.74, 6) is 0.421. The zero-order chi connectivity index (χ0) is 19.5. The Kier molecular flexibility index (Phi) is 8.60. The molecule has 0 amide bonds. The van der Waals surface area contributed by atoms with Gasteiger partial charge in [0.2, 0.25) is 0 Å². The van der Waals surface area contributed by atoms with Crippen LogP contribution in [-0.2, 0) is 9.84 Å². The predicted octanol–water partition coefficient (Wildman–Crippen LogP) is 2.95. The zero-order valence-corrected chi connectivity index (χ0v) is 16.8. The van der Waals surface area contributed by atoms with Gasteiger partial charge in [-0.1, -0.05) is 30.3 Å². The van der Waals surface area contributed by atoms with Crippen LogP contribution in [0.2, 0.25) is 0 Å². The lowest BCUT2D eigenvalue weighted by Gasteiger charge is -2.11. The monoisotopic (exact) mass is 409 g/mol. The minimum absolute atomic E-state index is 0.0534. The van der Waals surface area contributed by atoms with E-state index in [0.717, 1.165) is 11.8 Å². The zero-order valence-electron chi connectivity index (χ0n) is 15.2. The maximum Gasteiger partial charge on any atom is 0.191 e. The van der Waals surface area contributed by atoms with E-state index in [1.54, 1.807) is 11.8 Å². The van der Waals surface area contributed by atoms with Crippen LogP contribution in [0.4, 0.5) is 4.39 Å². The lowest BCUT2D eigenvalue weighted by atomic mass is 10.3. The second-order valence-corrected chi connectivity index (χ2v) is 8.84. The molecule has 0 fully saturated rings. The lowest BCUT2D eigenvalue weighted by Crippen LogP contribution is -2.38. The largest absolute Gasteiger partial charge is 0.357 e. The Labute approximate surface area is 164 Å². The van der Waals surface area contributed by atoms with Crippen molar-refractivity contribution < 1.29 is 12.8 Å². The van der Waals surface area contributed by atoms with E-state index in [4.69, 9.17) is 0 Å². The van der Waals surface area contributed by atoms with Gasteiger partial charge in [-0.3, -0.25) is 4.99 Å². The number of guanidine groups is 1. The fraction of sp³-hybridized carbons (Fsp3) is 0.316. The number of halogens is 1. The van der Waals surface area contributed by atoms with Gasteiger partial charge in [-0.2, -0.15) is 0 Å². The molecule has 8 heteroatoms. The number of hydrogen-bond donors (Lipinski definition) is 2. The smallest absolute Gasteiger partial charge is 0.191 e. The Balaban J connectivity index is 1.84. The number of benzene rings is 2. The molecule has 2 rings (SSSR count). The van der Waals surface area contributed by atoms with Gasteiger partial charge in [0.05, 0.1) is 12.3 Å². The Morgan fingerprint density at radius 1 is 1.07 bits per heavy atom. The van der Waals surface area contributed by atoms with E-state index < -0.39 is 15.7 Å². The van der Waals surface area contributed by atoms with Crippen LogP contribution >= 0.6 is 11.8 Å². The van der Waals surface area contributed by atoms with Crippen molar-refractivity contribution in [3.05, 3.63) is 60.4 Å². The molecule has 0 aliphatic carbocycles. The average molecular weight is 410 g/mol. The van der Waals surface area contributed by atoms with Gasteiger partial charge in [-0.25, -0.2) is 12.8 Å². The number of hydrogen-bond acceptors (Lipinski definition) is 4. The predicted molar refractivity (Wildman–Crippen MR) is 110 cm³/mol. The van der Waals surface area contributed by atoms with Crippen molar-refractivity contribution in [1.82, 2.24) is 10.6 Å². The second-order valence-electron chi connectivity index (χ2n) is 5.60. The molecule has 0 aliphatic heterocycles. The van der Waals surface area contributed by atoms with Crippen molar-refractivity contribution in [2.75, 3.05) is 31.1 Å². The first-order valence-electron chi connectivity index (χ1n) is 8.70. The summed E-state index contributed by atoms with van der Waals surface area (Å²) in [7, 11) is -3.70. The molecular weight excluding hydrogens is 385 g/mol. The summed E-state index contributed by atoms with van der Waals surface area (Å²) >= 11 is 1.72. The third-order valence-electron chi connectivity index (χ3n) is 3.55. The Morgan fingerprint density at radius 3 is 2.48 bits per heavy atom. The van der Waals surface area contributed by atoms with E-state index in [9.17, 15) is 12.8 Å². The number of sulfone groups is 1. The highest BCUT2D eigenvalue weighted by Gasteiger charge is 2.18. The molecule has 0 heterocycles. The van der Waals surface area contributed by atoms with Crippen LogP contribution in [0.15, 0.2) is 69.4 Å². The Bertz CT molecular complexity index is 843. The summed E-state index contributed by atoms with van der Waals surface area (Å²) in [6.45, 7) is 3.34. The lowest BCUT2D eigenvalue weighted by molar-refractivity contribution is 0.567. The van der Waals surface area contributed by atoms with Crippen LogP contribution < -0.4 is 10.6 Å². The standard InChI is InChI=1S/C19H24FN3O2S2/c1-2-21-19(22-12-14-26-16-8-4-3-5-9-16)23-13-15-27(24,25)18-11-7-6-10-17(18)20/h3-11H,2,12-15H2,1H3,(H2,21,22,23). The topological polar surface area (TPSA) is 70.6 Å². The van der Waals surface area contributed by atoms with Crippen LogP contribution in [0.5, 0.6) is 0 Å². The molecule has 27 heavy (non-hydrogen) atoms. The maximum atomic E-state index is 13.7. The third-order valence-corrected chi connectivity index (χ3v) is 6.29. The number of rotatable bonds is 9. The van der Waals surface area contributed by atoms with E-state index in [2.05, 4.69) is 27.8 Å². The normalized spacial score (nSPS) is 12.0. The number of thioether (sulfide) groups is 1. The van der Waals surface area contributed by atoms with Crippen LogP contribution in [0.3, 0.4) is 0 Å². The van der Waals surface area contributed by atoms with E-state index >= 15 is 0 Å². The molecule has 2 N–H and O–H groups in total. The highest BCUT2D eigenvalue weighted by molar-refractivity contribution is 7.99. The molecule has 0 aromatic heterocycles. The second kappa shape index (κ2) is 10.9. The minimum Gasteiger partial charge on any atom is -0.357 e. The molecule has 2 aromatic rings. The van der Waals surface area contributed by atoms with Gasteiger partial charge in [0.1, 0.15) is 10.7 Å². The average Bonchev–Trinajstić information content (AvgIpc) is 2.66. The summed E-state index contributed by atoms with van der Waals surface area (Å²) in [4.78, 5) is 5.19. The van der Waals surface area contributed by atoms with Crippen LogP contribution in [-0.4, -0.2) is 45.5 Å². The highest BCUT2D eigenvalue weighted by atomic mass is 32.2. The van der Waals surface area contributed by atoms with Gasteiger partial charge in [0.15, 0.2) is 15.8 Å². The molecule has 5 nitrogen and oxygen atoms in total. The Morgan fingerprint density at radius 2 is 1.78 bits per heavy atom. The quantitative estimate of drug-likeness (QED) is 0.288. The molecule has 0 saturated heterocycles. The molecule has 146 valence electrons. The molecule has 0 bridgehead atoms. The van der Waals surface area contributed by atoms with Gasteiger partial charge < -0.3 is 10.6 Å². The molecule has 0 saturated carbocycles. The summed E-state index contributed by atoms with van der Waals surface area (Å²) in [5, 5.41) is 6.26. The highest BCUT2D eigenvalue weighted by Crippen LogP contribution is 2.16. The van der Waals surface area contributed by atoms with Crippen LogP contribution in [0.25, 0.3) is 0 Å². The van der Waals surface area contributed by atoms with Gasteiger partial charge >= 0.3 is 0 Å². The van der Waals surface area contributed by atoms with Gasteiger partial charge in [0.25, 0.3) is 0 Å². The van der Waals surface area contributed by atoms with Crippen molar-refractivity contribution >= 4 is 27.6 Å². The fourth-order valence-corrected chi connectivity index (χ4v) is 4.27. The molecule has 0 radical (unpaired) electrons. The van der Waals surface area contributed by atoms with Gasteiger partial charge in [-0.05, 0) is 31.2 Å². The van der Waals surface area contributed by atoms with Crippen molar-refractivity contribution in [2.45, 2.75) is 16.7 Å². The summed E-state index contributed by atoms with van der Waals surface area (Å²) in [6.07, 6.45) is 0. The summed E-state index contributed by atoms with van der Waals surface area (Å²) in [5.41, 5.74) is 0. The molecule has 0 spiro atoms. The minimum atomic E-state index is -3.70. The van der Waals surface area contributed by atoms with Crippen molar-refractivity contribution in [1.29, 1.82) is 0 Å². The Hall–Kier alpha value is -2.06. The van der Waals surface area contributed by atoms with E-state index in [1.165, 1.54) is 23.1 Å². The third kappa shape index (κ3) is 7.22. The van der Waals surface area contributed by atoms with Gasteiger partial charge in [-0.15, -0.1) is 11.8 Å². The van der Waals surface area contributed by atoms with Gasteiger partial charge in [0, 0.05) is 23.7 Å². The first-order chi connectivity index (χ1) is 13.0. The number of nitrogens with one attached hydrogen (secondary N) is 2. The van der Waals surface area contributed by atoms with E-state index in [-0.39, 0.29) is 17.2 Å². The molecule has 0 atom stereocenters. The number of nitrogens with zero attached hydrogens (tertiary/aromatic N) is 1. The summed E-state index contributed by atoms with van der Waals surface area (Å²) < 4.78 is 38.2. The first kappa shape index (κ1) is 21.2. The van der Waals surface area contributed by atoms with Crippen molar-refractivity contribution in [3.63, 3.8) is 0 Å². The summed E-state index contributed by atoms with van der Waals surface area (Å²) in [6, 6.07) is 15.5. The number of aliphatic imine (C=N–C) groups is 1. The molecular formula is C19H24FN3O2S2.